The normalized spacial score (nSPS) is 16.8. The summed E-state index contributed by atoms with van der Waals surface area (Å²) in [6.45, 7) is 0.282. The minimum atomic E-state index is -3.37. The van der Waals surface area contributed by atoms with E-state index in [1.807, 2.05) is 24.3 Å². The second kappa shape index (κ2) is 6.56. The fraction of sp³-hybridized carbons (Fsp3) is 0.571. The SMILES string of the molecule is CN(C)S(=O)(=O)NCc1ccc(OC2CCCC2)cc1. The predicted octanol–water partition coefficient (Wildman–Crippen LogP) is 1.90. The molecule has 5 nitrogen and oxygen atoms in total. The Hall–Kier alpha value is -1.11. The lowest BCUT2D eigenvalue weighted by Gasteiger charge is -2.14. The van der Waals surface area contributed by atoms with Gasteiger partial charge in [-0.25, -0.2) is 0 Å². The van der Waals surface area contributed by atoms with Gasteiger partial charge in [0.1, 0.15) is 5.75 Å². The highest BCUT2D eigenvalue weighted by atomic mass is 32.2. The Labute approximate surface area is 121 Å². The van der Waals surface area contributed by atoms with Crippen molar-refractivity contribution < 1.29 is 13.2 Å². The second-order valence-electron chi connectivity index (χ2n) is 5.28. The van der Waals surface area contributed by atoms with Crippen LogP contribution >= 0.6 is 0 Å². The molecule has 0 heterocycles. The van der Waals surface area contributed by atoms with Gasteiger partial charge in [-0.3, -0.25) is 0 Å². The molecule has 20 heavy (non-hydrogen) atoms. The highest BCUT2D eigenvalue weighted by Crippen LogP contribution is 2.24. The van der Waals surface area contributed by atoms with Crippen LogP contribution in [0, 0.1) is 0 Å². The maximum Gasteiger partial charge on any atom is 0.279 e. The van der Waals surface area contributed by atoms with Gasteiger partial charge in [-0.1, -0.05) is 12.1 Å². The molecule has 1 N–H and O–H groups in total. The first-order valence-corrected chi connectivity index (χ1v) is 8.34. The maximum absolute atomic E-state index is 11.6. The first kappa shape index (κ1) is 15.3. The number of nitrogens with zero attached hydrogens (tertiary/aromatic N) is 1. The molecule has 0 bridgehead atoms. The Morgan fingerprint density at radius 1 is 1.20 bits per heavy atom. The summed E-state index contributed by atoms with van der Waals surface area (Å²) in [5, 5.41) is 0. The molecule has 1 aliphatic carbocycles. The number of rotatable bonds is 6. The van der Waals surface area contributed by atoms with Gasteiger partial charge in [0.2, 0.25) is 0 Å². The van der Waals surface area contributed by atoms with Crippen LogP contribution < -0.4 is 9.46 Å². The van der Waals surface area contributed by atoms with Crippen molar-refractivity contribution >= 4 is 10.2 Å². The minimum absolute atomic E-state index is 0.282. The minimum Gasteiger partial charge on any atom is -0.490 e. The third-order valence-electron chi connectivity index (χ3n) is 3.47. The maximum atomic E-state index is 11.6. The molecule has 2 rings (SSSR count). The van der Waals surface area contributed by atoms with Crippen molar-refractivity contribution in [3.05, 3.63) is 29.8 Å². The standard InChI is InChI=1S/C14H22N2O3S/c1-16(2)20(17,18)15-11-12-7-9-14(10-8-12)19-13-5-3-4-6-13/h7-10,13,15H,3-6,11H2,1-2H3. The Balaban J connectivity index is 1.88. The summed E-state index contributed by atoms with van der Waals surface area (Å²) < 4.78 is 32.7. The van der Waals surface area contributed by atoms with E-state index in [-0.39, 0.29) is 6.54 Å². The third kappa shape index (κ3) is 4.19. The summed E-state index contributed by atoms with van der Waals surface area (Å²) in [5.74, 6) is 0.858. The molecule has 0 atom stereocenters. The van der Waals surface area contributed by atoms with Gasteiger partial charge in [0.25, 0.3) is 10.2 Å². The van der Waals surface area contributed by atoms with E-state index in [9.17, 15) is 8.42 Å². The molecule has 0 spiro atoms. The Kier molecular flexibility index (Phi) is 5.01. The van der Waals surface area contributed by atoms with Crippen LogP contribution in [0.25, 0.3) is 0 Å². The van der Waals surface area contributed by atoms with Gasteiger partial charge in [0.15, 0.2) is 0 Å². The first-order chi connectivity index (χ1) is 9.47. The van der Waals surface area contributed by atoms with Crippen molar-refractivity contribution in [1.29, 1.82) is 0 Å². The van der Waals surface area contributed by atoms with E-state index in [1.54, 1.807) is 0 Å². The lowest BCUT2D eigenvalue weighted by molar-refractivity contribution is 0.210. The first-order valence-electron chi connectivity index (χ1n) is 6.90. The molecule has 1 aliphatic rings. The van der Waals surface area contributed by atoms with Gasteiger partial charge in [0.05, 0.1) is 6.10 Å². The van der Waals surface area contributed by atoms with Crippen LogP contribution in [0.4, 0.5) is 0 Å². The number of benzene rings is 1. The molecule has 6 heteroatoms. The molecule has 0 unspecified atom stereocenters. The molecular formula is C14H22N2O3S. The topological polar surface area (TPSA) is 58.6 Å². The monoisotopic (exact) mass is 298 g/mol. The Bertz CT molecular complexity index is 520. The highest BCUT2D eigenvalue weighted by Gasteiger charge is 2.16. The summed E-state index contributed by atoms with van der Waals surface area (Å²) in [4.78, 5) is 0. The number of nitrogens with one attached hydrogen (secondary N) is 1. The van der Waals surface area contributed by atoms with Gasteiger partial charge in [0, 0.05) is 20.6 Å². The van der Waals surface area contributed by atoms with Gasteiger partial charge in [-0.2, -0.15) is 17.4 Å². The molecular weight excluding hydrogens is 276 g/mol. The lowest BCUT2D eigenvalue weighted by Crippen LogP contribution is -2.35. The highest BCUT2D eigenvalue weighted by molar-refractivity contribution is 7.87. The van der Waals surface area contributed by atoms with Crippen LogP contribution in [-0.2, 0) is 16.8 Å². The molecule has 1 aromatic rings. The fourth-order valence-electron chi connectivity index (χ4n) is 2.19. The zero-order valence-corrected chi connectivity index (χ0v) is 12.8. The van der Waals surface area contributed by atoms with Crippen molar-refractivity contribution in [2.24, 2.45) is 0 Å². The Morgan fingerprint density at radius 3 is 2.35 bits per heavy atom. The largest absolute Gasteiger partial charge is 0.490 e. The fourth-order valence-corrected chi connectivity index (χ4v) is 2.80. The van der Waals surface area contributed by atoms with Gasteiger partial charge >= 0.3 is 0 Å². The van der Waals surface area contributed by atoms with Gasteiger partial charge in [-0.05, 0) is 43.4 Å². The van der Waals surface area contributed by atoms with E-state index < -0.39 is 10.2 Å². The van der Waals surface area contributed by atoms with Gasteiger partial charge < -0.3 is 4.74 Å². The number of ether oxygens (including phenoxy) is 1. The van der Waals surface area contributed by atoms with E-state index in [1.165, 1.54) is 26.9 Å². The number of hydrogen-bond acceptors (Lipinski definition) is 3. The summed E-state index contributed by atoms with van der Waals surface area (Å²) in [5.41, 5.74) is 0.911. The quantitative estimate of drug-likeness (QED) is 0.872. The lowest BCUT2D eigenvalue weighted by atomic mass is 10.2. The molecule has 1 fully saturated rings. The predicted molar refractivity (Wildman–Crippen MR) is 78.8 cm³/mol. The van der Waals surface area contributed by atoms with E-state index in [2.05, 4.69) is 4.72 Å². The van der Waals surface area contributed by atoms with Crippen LogP contribution in [0.3, 0.4) is 0 Å². The zero-order valence-electron chi connectivity index (χ0n) is 12.0. The average Bonchev–Trinajstić information content (AvgIpc) is 2.91. The van der Waals surface area contributed by atoms with Crippen molar-refractivity contribution in [3.8, 4) is 5.75 Å². The van der Waals surface area contributed by atoms with Crippen molar-refractivity contribution in [1.82, 2.24) is 9.03 Å². The van der Waals surface area contributed by atoms with E-state index in [4.69, 9.17) is 4.74 Å². The van der Waals surface area contributed by atoms with Gasteiger partial charge in [-0.15, -0.1) is 0 Å². The molecule has 112 valence electrons. The van der Waals surface area contributed by atoms with Crippen molar-refractivity contribution in [3.63, 3.8) is 0 Å². The van der Waals surface area contributed by atoms with Crippen molar-refractivity contribution in [2.45, 2.75) is 38.3 Å². The van der Waals surface area contributed by atoms with Crippen LogP contribution in [0.1, 0.15) is 31.2 Å². The smallest absolute Gasteiger partial charge is 0.279 e. The summed E-state index contributed by atoms with van der Waals surface area (Å²) >= 11 is 0. The summed E-state index contributed by atoms with van der Waals surface area (Å²) in [7, 11) is -0.371. The van der Waals surface area contributed by atoms with E-state index in [0.29, 0.717) is 6.10 Å². The molecule has 0 amide bonds. The summed E-state index contributed by atoms with van der Waals surface area (Å²) in [6, 6.07) is 7.58. The van der Waals surface area contributed by atoms with Crippen LogP contribution in [0.2, 0.25) is 0 Å². The Morgan fingerprint density at radius 2 is 1.80 bits per heavy atom. The molecule has 1 saturated carbocycles. The third-order valence-corrected chi connectivity index (χ3v) is 4.94. The van der Waals surface area contributed by atoms with Crippen molar-refractivity contribution in [2.75, 3.05) is 14.1 Å². The van der Waals surface area contributed by atoms with Crippen LogP contribution in [0.15, 0.2) is 24.3 Å². The average molecular weight is 298 g/mol. The van der Waals surface area contributed by atoms with Crippen LogP contribution in [0.5, 0.6) is 5.75 Å². The van der Waals surface area contributed by atoms with E-state index >= 15 is 0 Å². The molecule has 0 aromatic heterocycles. The van der Waals surface area contributed by atoms with E-state index in [0.717, 1.165) is 28.5 Å². The summed E-state index contributed by atoms with van der Waals surface area (Å²) in [6.07, 6.45) is 5.09. The number of hydrogen-bond donors (Lipinski definition) is 1. The molecule has 0 saturated heterocycles. The molecule has 0 aliphatic heterocycles. The second-order valence-corrected chi connectivity index (χ2v) is 7.25. The van der Waals surface area contributed by atoms with Crippen LogP contribution in [-0.4, -0.2) is 32.9 Å². The molecule has 1 aromatic carbocycles. The zero-order chi connectivity index (χ0) is 14.6. The molecule has 0 radical (unpaired) electrons.